The van der Waals surface area contributed by atoms with Crippen LogP contribution in [0.1, 0.15) is 183 Å². The third-order valence-electron chi connectivity index (χ3n) is 16.0. The Morgan fingerprint density at radius 3 is 1.10 bits per heavy atom. The van der Waals surface area contributed by atoms with E-state index in [2.05, 4.69) is 131 Å². The lowest BCUT2D eigenvalue weighted by Crippen LogP contribution is -2.44. The quantitative estimate of drug-likeness (QED) is 0.0105. The van der Waals surface area contributed by atoms with Crippen molar-refractivity contribution in [3.63, 3.8) is 0 Å². The number of nitrogen functional groups attached to an aromatic ring is 2. The molecule has 0 heterocycles. The molecule has 9 aromatic carbocycles. The standard InChI is InChI=1S/C25H33NO6S2.C16H19NO2S2.2C9H10N2S.C9H13NS.C8H9NO2.C8H10O2S.3C2H6.2CH4.F2.I2.H2/c1-16-10-12-19(13-11-16)34(29,30)33-21-15-17(2)20(14-18(21)3)26(22(27)31-24(4,5)6)23(28)32-25(7,8)9;1-11-5-7-14(8-6-11)21(18,19)20-16-10-12(2)15(17-4)9-13(16)3;2*1-6-4-9(11-5-12)7(2)3-8(6)10;1-6-5-9(11)7(2)4-8(6)10-3;1-6-3-4-7(2)8(5-6)9(10)11;1-7-3-5-8(6-4-7)11(2,9)10;3*1-2;;;2*1-2;/h10-15H,1-9H3;5-10,17H,1-4H3;2*3-4H,10H2,1-2H3;4-5,10-11H,1-3H3;3-5H,1-2H3;3-6H,1-2H3;3*1-2H3;2*1H4;;;1H. The molecule has 0 atom stereocenters. The normalized spacial score (nSPS) is 10.1. The number of carbonyl (C=O) groups excluding carboxylic acids is 2. The summed E-state index contributed by atoms with van der Waals surface area (Å²) in [5.74, 6) is 0. The number of ether oxygens (including phenoxy) is 2. The fourth-order valence-electron chi connectivity index (χ4n) is 9.64. The van der Waals surface area contributed by atoms with Gasteiger partial charge in [0.05, 0.1) is 47.0 Å². The zero-order chi connectivity index (χ0) is 95.3. The molecular formula is C92H132F2I2N8O12S8. The number of isothiocyanates is 2. The number of anilines is 5. The molecule has 688 valence electrons. The molecule has 6 N–H and O–H groups in total. The Labute approximate surface area is 788 Å². The summed E-state index contributed by atoms with van der Waals surface area (Å²) in [6, 6.07) is 44.5. The molecule has 20 nitrogen and oxygen atoms in total. The topological polar surface area (TPSA) is 302 Å². The number of nitrogens with two attached hydrogens (primary N) is 2. The average Bonchev–Trinajstić information content (AvgIpc) is 0.786. The van der Waals surface area contributed by atoms with Crippen LogP contribution in [-0.4, -0.2) is 84.2 Å². The number of carbonyl (C=O) groups is 2. The van der Waals surface area contributed by atoms with Crippen LogP contribution in [-0.2, 0) is 37.0 Å². The number of hydrogen-bond donors (Lipinski definition) is 5. The van der Waals surface area contributed by atoms with Crippen LogP contribution >= 0.6 is 95.9 Å². The number of nitro groups is 1. The number of benzene rings is 9. The number of hydrogen-bond acceptors (Lipinski definition) is 23. The minimum absolute atomic E-state index is 0. The van der Waals surface area contributed by atoms with E-state index in [1.54, 1.807) is 147 Å². The first kappa shape index (κ1) is 125. The number of thiocarbonyl (C=S) groups is 2. The number of aliphatic imine (C=N–C) groups is 2. The summed E-state index contributed by atoms with van der Waals surface area (Å²) in [6.07, 6.45) is -0.550. The summed E-state index contributed by atoms with van der Waals surface area (Å²) in [5.41, 5.74) is 30.0. The van der Waals surface area contributed by atoms with E-state index in [0.29, 0.717) is 31.4 Å². The molecule has 0 aliphatic carbocycles. The fraction of sp³-hybridized carbons (Fsp3) is 0.370. The van der Waals surface area contributed by atoms with Gasteiger partial charge in [0, 0.05) is 139 Å². The van der Waals surface area contributed by atoms with Gasteiger partial charge in [0.15, 0.2) is 9.84 Å². The lowest BCUT2D eigenvalue weighted by atomic mass is 10.1. The zero-order valence-electron chi connectivity index (χ0n) is 75.6. The van der Waals surface area contributed by atoms with Gasteiger partial charge in [-0.05, 0) is 328 Å². The molecule has 0 saturated heterocycles. The first-order valence-electron chi connectivity index (χ1n) is 38.1. The minimum atomic E-state index is -3.66. The van der Waals surface area contributed by atoms with Crippen LogP contribution in [0.2, 0.25) is 0 Å². The van der Waals surface area contributed by atoms with Crippen LogP contribution in [0.15, 0.2) is 191 Å². The van der Waals surface area contributed by atoms with Crippen molar-refractivity contribution in [3.8, 4) is 0 Å². The molecule has 9 rings (SSSR count). The number of rotatable bonds is 13. The van der Waals surface area contributed by atoms with Gasteiger partial charge in [0.1, 0.15) is 11.2 Å². The van der Waals surface area contributed by atoms with Crippen molar-refractivity contribution in [2.45, 2.75) is 242 Å². The fourth-order valence-corrected chi connectivity index (χ4v) is 16.9. The highest BCUT2D eigenvalue weighted by Crippen LogP contribution is 2.39. The lowest BCUT2D eigenvalue weighted by molar-refractivity contribution is -0.385. The van der Waals surface area contributed by atoms with E-state index in [1.165, 1.54) is 23.1 Å². The van der Waals surface area contributed by atoms with Crippen molar-refractivity contribution in [2.75, 3.05) is 47.4 Å². The smallest absolute Gasteiger partial charge is 0.424 e. The molecule has 0 saturated carbocycles. The molecule has 9 aromatic rings. The Hall–Kier alpha value is -7.86. The second-order valence-corrected chi connectivity index (χ2v) is 38.8. The first-order chi connectivity index (χ1) is 56.8. The summed E-state index contributed by atoms with van der Waals surface area (Å²) in [6.45, 7) is 50.7. The van der Waals surface area contributed by atoms with E-state index < -0.39 is 51.0 Å². The zero-order valence-corrected chi connectivity index (χ0v) is 86.5. The molecule has 0 aliphatic heterocycles. The van der Waals surface area contributed by atoms with Crippen LogP contribution in [0.3, 0.4) is 0 Å². The van der Waals surface area contributed by atoms with Crippen molar-refractivity contribution in [1.82, 2.24) is 0 Å². The molecule has 32 heteroatoms. The maximum Gasteiger partial charge on any atom is 0.424 e. The summed E-state index contributed by atoms with van der Waals surface area (Å²) in [5, 5.41) is 21.3. The first-order valence-corrected chi connectivity index (χ1v) is 53.2. The minimum Gasteiger partial charge on any atom is -0.443 e. The van der Waals surface area contributed by atoms with Crippen molar-refractivity contribution >= 4 is 191 Å². The molecule has 0 aromatic heterocycles. The number of halogens is 4. The SMILES string of the molecule is C.C.CC.CC.CC.CNc1cc(C)c(S)cc1C.CNc1cc(C)c(SS(=O)(=O)c2ccc(C)cc2)cc1C.Cc1cc(N=C=S)c(C)cc1N.Cc1cc(N=C=S)c(C)cc1N.Cc1ccc(C)c([N+](=O)[O-])c1.Cc1ccc(S(=O)(=O)Sc2cc(C)c(N(C(=O)OC(C)(C)C)C(=O)OC(C)(C)C)cc2C)cc1.Cc1ccc(S(C)(=O)=O)cc1.FF.II.[HH]. The summed E-state index contributed by atoms with van der Waals surface area (Å²) < 4.78 is 99.6. The number of aryl methyl sites for hydroxylation is 15. The third kappa shape index (κ3) is 45.5. The largest absolute Gasteiger partial charge is 0.443 e. The molecule has 124 heavy (non-hydrogen) atoms. The molecule has 0 fully saturated rings. The number of sulfone groups is 1. The van der Waals surface area contributed by atoms with E-state index >= 15 is 0 Å². The van der Waals surface area contributed by atoms with Crippen molar-refractivity contribution < 1.29 is 59.8 Å². The van der Waals surface area contributed by atoms with Crippen molar-refractivity contribution in [3.05, 3.63) is 245 Å². The highest BCUT2D eigenvalue weighted by Gasteiger charge is 2.34. The summed E-state index contributed by atoms with van der Waals surface area (Å²) in [7, 11) is -4.65. The maximum atomic E-state index is 13.0. The maximum absolute atomic E-state index is 13.0. The van der Waals surface area contributed by atoms with Gasteiger partial charge < -0.3 is 31.6 Å². The summed E-state index contributed by atoms with van der Waals surface area (Å²) >= 11 is 17.6. The monoisotopic (exact) mass is 2090 g/mol. The Morgan fingerprint density at radius 2 is 0.790 bits per heavy atom. The van der Waals surface area contributed by atoms with Gasteiger partial charge in [-0.2, -0.15) is 14.9 Å². The lowest BCUT2D eigenvalue weighted by Gasteiger charge is -2.29. The van der Waals surface area contributed by atoms with Crippen LogP contribution < -0.4 is 27.0 Å². The second-order valence-electron chi connectivity index (χ2n) is 28.3. The molecule has 2 amide bonds. The summed E-state index contributed by atoms with van der Waals surface area (Å²) in [4.78, 5) is 47.9. The van der Waals surface area contributed by atoms with E-state index in [-0.39, 0.29) is 37.5 Å². The van der Waals surface area contributed by atoms with Gasteiger partial charge in [-0.3, -0.25) is 10.1 Å². The number of nitro benzene ring substituents is 1. The molecule has 0 bridgehead atoms. The third-order valence-corrected chi connectivity index (χ3v) is 24.7. The van der Waals surface area contributed by atoms with Gasteiger partial charge in [-0.1, -0.05) is 122 Å². The number of nitrogens with zero attached hydrogens (tertiary/aromatic N) is 4. The predicted molar refractivity (Wildman–Crippen MR) is 554 cm³/mol. The van der Waals surface area contributed by atoms with E-state index in [9.17, 15) is 45.0 Å². The van der Waals surface area contributed by atoms with Crippen LogP contribution in [0.5, 0.6) is 0 Å². The van der Waals surface area contributed by atoms with Gasteiger partial charge in [-0.25, -0.2) is 34.8 Å². The van der Waals surface area contributed by atoms with Gasteiger partial charge in [0.2, 0.25) is 17.7 Å². The molecule has 0 spiro atoms. The van der Waals surface area contributed by atoms with E-state index in [4.69, 9.17) is 30.1 Å². The number of amides is 2. The number of imide groups is 1. The number of thiol groups is 1. The Balaban J connectivity index is -0.000000339. The molecule has 0 aliphatic rings. The van der Waals surface area contributed by atoms with E-state index in [1.807, 2.05) is 179 Å². The van der Waals surface area contributed by atoms with Gasteiger partial charge >= 0.3 is 12.2 Å². The Bertz CT molecular complexity index is 5230. The second kappa shape index (κ2) is 61.5. The highest BCUT2D eigenvalue weighted by molar-refractivity contribution is 15.0. The van der Waals surface area contributed by atoms with E-state index in [0.717, 1.165) is 120 Å². The molecular weight excluding hydrogens is 1960 g/mol. The number of nitrogens with one attached hydrogen (secondary N) is 2. The molecule has 0 radical (unpaired) electrons. The van der Waals surface area contributed by atoms with Gasteiger partial charge in [-0.15, -0.1) is 12.6 Å². The Kier molecular flexibility index (Phi) is 61.9. The van der Waals surface area contributed by atoms with Crippen LogP contribution in [0, 0.1) is 114 Å². The van der Waals surface area contributed by atoms with Crippen LogP contribution in [0.25, 0.3) is 0 Å². The predicted octanol–water partition coefficient (Wildman–Crippen LogP) is 29.6. The van der Waals surface area contributed by atoms with Gasteiger partial charge in [0.25, 0.3) is 5.69 Å². The Morgan fingerprint density at radius 1 is 0.476 bits per heavy atom. The average molecular weight is 2090 g/mol. The van der Waals surface area contributed by atoms with Crippen molar-refractivity contribution in [2.24, 2.45) is 9.98 Å². The van der Waals surface area contributed by atoms with Crippen LogP contribution in [0.4, 0.5) is 64.2 Å². The molecule has 0 unspecified atom stereocenters. The van der Waals surface area contributed by atoms with Crippen molar-refractivity contribution in [1.29, 1.82) is 0 Å². The highest BCUT2D eigenvalue weighted by atomic mass is 128.